The van der Waals surface area contributed by atoms with Gasteiger partial charge in [0, 0.05) is 24.6 Å². The van der Waals surface area contributed by atoms with E-state index in [1.807, 2.05) is 6.07 Å². The molecule has 0 bridgehead atoms. The lowest BCUT2D eigenvalue weighted by atomic mass is 9.90. The molecule has 114 valence electrons. The van der Waals surface area contributed by atoms with E-state index in [-0.39, 0.29) is 5.79 Å². The first-order valence-electron chi connectivity index (χ1n) is 7.88. The van der Waals surface area contributed by atoms with Crippen LogP contribution in [0, 0.1) is 0 Å². The minimum atomic E-state index is -0.366. The molecule has 0 amide bonds. The average Bonchev–Trinajstić information content (AvgIpc) is 2.97. The van der Waals surface area contributed by atoms with E-state index < -0.39 is 0 Å². The molecule has 4 heteroatoms. The van der Waals surface area contributed by atoms with Crippen LogP contribution in [0.1, 0.15) is 44.6 Å². The highest BCUT2D eigenvalue weighted by atomic mass is 16.7. The van der Waals surface area contributed by atoms with Gasteiger partial charge in [-0.15, -0.1) is 0 Å². The smallest absolute Gasteiger partial charge is 0.220 e. The largest absolute Gasteiger partial charge is 0.477 e. The van der Waals surface area contributed by atoms with Crippen LogP contribution in [-0.4, -0.2) is 30.6 Å². The van der Waals surface area contributed by atoms with Crippen molar-refractivity contribution in [3.05, 3.63) is 30.0 Å². The molecule has 1 aliphatic carbocycles. The van der Waals surface area contributed by atoms with E-state index in [0.29, 0.717) is 13.2 Å². The molecule has 0 saturated carbocycles. The van der Waals surface area contributed by atoms with Crippen LogP contribution in [0.4, 0.5) is 0 Å². The van der Waals surface area contributed by atoms with E-state index >= 15 is 0 Å². The number of unbranched alkanes of at least 4 members (excludes halogenated alkanes) is 1. The molecule has 1 aromatic heterocycles. The van der Waals surface area contributed by atoms with Gasteiger partial charge < -0.3 is 14.2 Å². The van der Waals surface area contributed by atoms with Crippen LogP contribution in [0.5, 0.6) is 5.88 Å². The van der Waals surface area contributed by atoms with E-state index in [2.05, 4.69) is 24.1 Å². The molecule has 1 aliphatic heterocycles. The number of hydrogen-bond acceptors (Lipinski definition) is 4. The third kappa shape index (κ3) is 3.27. The lowest BCUT2D eigenvalue weighted by Gasteiger charge is -2.30. The van der Waals surface area contributed by atoms with Crippen molar-refractivity contribution in [2.75, 3.05) is 19.8 Å². The summed E-state index contributed by atoms with van der Waals surface area (Å²) in [4.78, 5) is 4.39. The second-order valence-corrected chi connectivity index (χ2v) is 5.60. The highest BCUT2D eigenvalue weighted by Crippen LogP contribution is 2.39. The molecule has 2 heterocycles. The van der Waals surface area contributed by atoms with E-state index in [1.54, 1.807) is 6.20 Å². The average molecular weight is 289 g/mol. The number of aromatic nitrogens is 1. The van der Waals surface area contributed by atoms with Gasteiger partial charge in [0.2, 0.25) is 5.88 Å². The summed E-state index contributed by atoms with van der Waals surface area (Å²) < 4.78 is 17.4. The molecule has 0 unspecified atom stereocenters. The van der Waals surface area contributed by atoms with Gasteiger partial charge in [-0.05, 0) is 30.5 Å². The lowest BCUT2D eigenvalue weighted by Crippen LogP contribution is -2.31. The van der Waals surface area contributed by atoms with Gasteiger partial charge in [0.25, 0.3) is 0 Å². The summed E-state index contributed by atoms with van der Waals surface area (Å²) in [6.07, 6.45) is 8.85. The predicted molar refractivity (Wildman–Crippen MR) is 81.1 cm³/mol. The van der Waals surface area contributed by atoms with Gasteiger partial charge in [0.15, 0.2) is 5.79 Å². The van der Waals surface area contributed by atoms with Crippen molar-refractivity contribution < 1.29 is 14.2 Å². The van der Waals surface area contributed by atoms with E-state index in [9.17, 15) is 0 Å². The van der Waals surface area contributed by atoms with E-state index in [0.717, 1.165) is 50.2 Å². The molecule has 21 heavy (non-hydrogen) atoms. The Morgan fingerprint density at radius 2 is 2.19 bits per heavy atom. The quantitative estimate of drug-likeness (QED) is 0.777. The summed E-state index contributed by atoms with van der Waals surface area (Å²) >= 11 is 0. The summed E-state index contributed by atoms with van der Waals surface area (Å²) in [5, 5.41) is 0. The predicted octanol–water partition coefficient (Wildman–Crippen LogP) is 3.57. The fourth-order valence-corrected chi connectivity index (χ4v) is 2.88. The fraction of sp³-hybridized carbons (Fsp3) is 0.588. The van der Waals surface area contributed by atoms with Gasteiger partial charge >= 0.3 is 0 Å². The molecular weight excluding hydrogens is 266 g/mol. The minimum absolute atomic E-state index is 0.366. The number of allylic oxidation sites excluding steroid dienone is 1. The van der Waals surface area contributed by atoms with Crippen LogP contribution in [0.25, 0.3) is 5.57 Å². The first-order chi connectivity index (χ1) is 10.3. The Morgan fingerprint density at radius 1 is 1.33 bits per heavy atom. The molecule has 0 aromatic carbocycles. The zero-order valence-corrected chi connectivity index (χ0v) is 12.6. The van der Waals surface area contributed by atoms with Crippen molar-refractivity contribution in [3.63, 3.8) is 0 Å². The number of rotatable bonds is 5. The third-order valence-corrected chi connectivity index (χ3v) is 4.10. The first kappa shape index (κ1) is 14.5. The van der Waals surface area contributed by atoms with E-state index in [1.165, 1.54) is 5.57 Å². The van der Waals surface area contributed by atoms with Crippen molar-refractivity contribution in [2.24, 2.45) is 0 Å². The maximum atomic E-state index is 5.83. The van der Waals surface area contributed by atoms with Crippen LogP contribution < -0.4 is 4.74 Å². The number of pyridine rings is 1. The fourth-order valence-electron chi connectivity index (χ4n) is 2.88. The summed E-state index contributed by atoms with van der Waals surface area (Å²) in [7, 11) is 0. The zero-order chi connectivity index (χ0) is 14.5. The topological polar surface area (TPSA) is 40.6 Å². The van der Waals surface area contributed by atoms with Crippen LogP contribution >= 0.6 is 0 Å². The second kappa shape index (κ2) is 6.58. The standard InChI is InChI=1S/C17H23NO3/c1-2-3-11-19-16-15(5-4-10-18-16)14-6-8-17(9-7-14)20-12-13-21-17/h4-6,10H,2-3,7-9,11-13H2,1H3. The minimum Gasteiger partial charge on any atom is -0.477 e. The lowest BCUT2D eigenvalue weighted by molar-refractivity contribution is -0.159. The van der Waals surface area contributed by atoms with Gasteiger partial charge in [-0.1, -0.05) is 19.4 Å². The molecule has 3 rings (SSSR count). The van der Waals surface area contributed by atoms with Crippen molar-refractivity contribution in [3.8, 4) is 5.88 Å². The summed E-state index contributed by atoms with van der Waals surface area (Å²) in [5.74, 6) is 0.385. The molecule has 1 fully saturated rings. The van der Waals surface area contributed by atoms with Crippen molar-refractivity contribution >= 4 is 5.57 Å². The van der Waals surface area contributed by atoms with Crippen LogP contribution in [0.15, 0.2) is 24.4 Å². The molecule has 0 radical (unpaired) electrons. The molecule has 0 atom stereocenters. The molecule has 1 spiro atoms. The van der Waals surface area contributed by atoms with Gasteiger partial charge in [-0.2, -0.15) is 0 Å². The van der Waals surface area contributed by atoms with Gasteiger partial charge in [-0.25, -0.2) is 4.98 Å². The number of nitrogens with zero attached hydrogens (tertiary/aromatic N) is 1. The SMILES string of the molecule is CCCCOc1ncccc1C1=CCC2(CC1)OCCO2. The van der Waals surface area contributed by atoms with E-state index in [4.69, 9.17) is 14.2 Å². The normalized spacial score (nSPS) is 20.5. The first-order valence-corrected chi connectivity index (χ1v) is 7.88. The maximum Gasteiger partial charge on any atom is 0.220 e. The Kier molecular flexibility index (Phi) is 4.56. The molecule has 2 aliphatic rings. The number of ether oxygens (including phenoxy) is 3. The summed E-state index contributed by atoms with van der Waals surface area (Å²) in [6.45, 7) is 4.31. The zero-order valence-electron chi connectivity index (χ0n) is 12.6. The summed E-state index contributed by atoms with van der Waals surface area (Å²) in [5.41, 5.74) is 2.40. The molecule has 1 aromatic rings. The molecule has 0 N–H and O–H groups in total. The van der Waals surface area contributed by atoms with Crippen LogP contribution in [0.2, 0.25) is 0 Å². The van der Waals surface area contributed by atoms with Crippen molar-refractivity contribution in [2.45, 2.75) is 44.8 Å². The monoisotopic (exact) mass is 289 g/mol. The van der Waals surface area contributed by atoms with Gasteiger partial charge in [0.05, 0.1) is 19.8 Å². The van der Waals surface area contributed by atoms with Gasteiger partial charge in [0.1, 0.15) is 0 Å². The molecule has 1 saturated heterocycles. The Labute approximate surface area is 126 Å². The van der Waals surface area contributed by atoms with Crippen LogP contribution in [-0.2, 0) is 9.47 Å². The number of hydrogen-bond donors (Lipinski definition) is 0. The Hall–Kier alpha value is -1.39. The van der Waals surface area contributed by atoms with Crippen molar-refractivity contribution in [1.29, 1.82) is 0 Å². The Morgan fingerprint density at radius 3 is 2.90 bits per heavy atom. The Balaban J connectivity index is 1.73. The molecule has 4 nitrogen and oxygen atoms in total. The molecular formula is C17H23NO3. The van der Waals surface area contributed by atoms with Gasteiger partial charge in [-0.3, -0.25) is 0 Å². The van der Waals surface area contributed by atoms with Crippen molar-refractivity contribution in [1.82, 2.24) is 4.98 Å². The highest BCUT2D eigenvalue weighted by Gasteiger charge is 2.38. The maximum absolute atomic E-state index is 5.83. The Bertz CT molecular complexity index is 507. The summed E-state index contributed by atoms with van der Waals surface area (Å²) in [6, 6.07) is 4.06. The third-order valence-electron chi connectivity index (χ3n) is 4.10. The highest BCUT2D eigenvalue weighted by molar-refractivity contribution is 5.70. The second-order valence-electron chi connectivity index (χ2n) is 5.60. The van der Waals surface area contributed by atoms with Crippen LogP contribution in [0.3, 0.4) is 0 Å².